The lowest BCUT2D eigenvalue weighted by atomic mass is 9.89. The van der Waals surface area contributed by atoms with Gasteiger partial charge in [-0.25, -0.2) is 4.79 Å². The first-order valence-electron chi connectivity index (χ1n) is 6.86. The summed E-state index contributed by atoms with van der Waals surface area (Å²) in [5.74, 6) is -0.191. The van der Waals surface area contributed by atoms with Gasteiger partial charge in [0.25, 0.3) is 5.91 Å². The molecule has 0 unspecified atom stereocenters. The van der Waals surface area contributed by atoms with Crippen molar-refractivity contribution in [2.75, 3.05) is 7.11 Å². The lowest BCUT2D eigenvalue weighted by Crippen LogP contribution is -2.31. The van der Waals surface area contributed by atoms with Crippen molar-refractivity contribution >= 4 is 11.9 Å². The predicted molar refractivity (Wildman–Crippen MR) is 73.1 cm³/mol. The van der Waals surface area contributed by atoms with E-state index in [1.165, 1.54) is 6.42 Å². The van der Waals surface area contributed by atoms with E-state index in [-0.39, 0.29) is 11.9 Å². The highest BCUT2D eigenvalue weighted by molar-refractivity contribution is 5.94. The minimum atomic E-state index is -0.434. The maximum absolute atomic E-state index is 11.8. The van der Waals surface area contributed by atoms with Crippen LogP contribution in [0.15, 0.2) is 24.3 Å². The third-order valence-electron chi connectivity index (χ3n) is 3.54. The lowest BCUT2D eigenvalue weighted by molar-refractivity contribution is -0.155. The van der Waals surface area contributed by atoms with Crippen LogP contribution in [0.1, 0.15) is 42.5 Å². The predicted octanol–water partition coefficient (Wildman–Crippen LogP) is 2.46. The fraction of sp³-hybridized carbons (Fsp3) is 0.467. The van der Waals surface area contributed by atoms with Gasteiger partial charge in [-0.2, -0.15) is 5.48 Å². The van der Waals surface area contributed by atoms with Gasteiger partial charge in [0.1, 0.15) is 5.75 Å². The van der Waals surface area contributed by atoms with E-state index in [4.69, 9.17) is 9.57 Å². The summed E-state index contributed by atoms with van der Waals surface area (Å²) in [7, 11) is 1.56. The molecule has 1 amide bonds. The molecule has 0 aliphatic heterocycles. The van der Waals surface area contributed by atoms with Gasteiger partial charge in [-0.15, -0.1) is 0 Å². The number of hydrogen-bond acceptors (Lipinski definition) is 4. The summed E-state index contributed by atoms with van der Waals surface area (Å²) in [5, 5.41) is 0. The Morgan fingerprint density at radius 2 is 1.75 bits per heavy atom. The smallest absolute Gasteiger partial charge is 0.335 e. The summed E-state index contributed by atoms with van der Waals surface area (Å²) < 4.78 is 5.01. The number of methoxy groups -OCH3 is 1. The number of rotatable bonds is 3. The molecule has 0 heterocycles. The Kier molecular flexibility index (Phi) is 4.98. The molecule has 20 heavy (non-hydrogen) atoms. The molecule has 1 aliphatic rings. The number of hydrogen-bond donors (Lipinski definition) is 1. The van der Waals surface area contributed by atoms with E-state index in [2.05, 4.69) is 5.48 Å². The Labute approximate surface area is 118 Å². The van der Waals surface area contributed by atoms with Crippen molar-refractivity contribution in [3.63, 3.8) is 0 Å². The molecule has 0 atom stereocenters. The zero-order valence-electron chi connectivity index (χ0n) is 11.6. The summed E-state index contributed by atoms with van der Waals surface area (Å²) in [6, 6.07) is 6.58. The van der Waals surface area contributed by atoms with Crippen molar-refractivity contribution in [2.24, 2.45) is 5.92 Å². The molecule has 1 saturated carbocycles. The van der Waals surface area contributed by atoms with Gasteiger partial charge in [0, 0.05) is 5.56 Å². The highest BCUT2D eigenvalue weighted by atomic mass is 16.7. The zero-order chi connectivity index (χ0) is 14.4. The molecular weight excluding hydrogens is 258 g/mol. The largest absolute Gasteiger partial charge is 0.497 e. The van der Waals surface area contributed by atoms with E-state index >= 15 is 0 Å². The average Bonchev–Trinajstić information content (AvgIpc) is 2.53. The van der Waals surface area contributed by atoms with Gasteiger partial charge < -0.3 is 9.57 Å². The maximum atomic E-state index is 11.8. The fourth-order valence-electron chi connectivity index (χ4n) is 2.32. The van der Waals surface area contributed by atoms with Crippen molar-refractivity contribution in [1.29, 1.82) is 0 Å². The molecule has 0 bridgehead atoms. The van der Waals surface area contributed by atoms with E-state index < -0.39 is 5.91 Å². The van der Waals surface area contributed by atoms with Crippen LogP contribution in [0.3, 0.4) is 0 Å². The van der Waals surface area contributed by atoms with Crippen LogP contribution in [0.5, 0.6) is 5.75 Å². The fourth-order valence-corrected chi connectivity index (χ4v) is 2.32. The van der Waals surface area contributed by atoms with Crippen molar-refractivity contribution in [3.05, 3.63) is 29.8 Å². The first-order valence-corrected chi connectivity index (χ1v) is 6.86. The number of benzene rings is 1. The van der Waals surface area contributed by atoms with E-state index in [1.54, 1.807) is 31.4 Å². The van der Waals surface area contributed by atoms with Crippen LogP contribution >= 0.6 is 0 Å². The molecule has 1 N–H and O–H groups in total. The van der Waals surface area contributed by atoms with Gasteiger partial charge in [-0.1, -0.05) is 19.3 Å². The summed E-state index contributed by atoms with van der Waals surface area (Å²) >= 11 is 0. The molecule has 1 aliphatic carbocycles. The van der Waals surface area contributed by atoms with Crippen molar-refractivity contribution in [1.82, 2.24) is 5.48 Å². The second kappa shape index (κ2) is 6.93. The normalized spacial score (nSPS) is 15.4. The van der Waals surface area contributed by atoms with Crippen molar-refractivity contribution in [2.45, 2.75) is 32.1 Å². The molecule has 0 spiro atoms. The van der Waals surface area contributed by atoms with Gasteiger partial charge in [-0.05, 0) is 37.1 Å². The van der Waals surface area contributed by atoms with Crippen LogP contribution in [-0.2, 0) is 9.63 Å². The van der Waals surface area contributed by atoms with Crippen LogP contribution < -0.4 is 10.2 Å². The molecular formula is C15H19NO4. The van der Waals surface area contributed by atoms with E-state index in [1.807, 2.05) is 0 Å². The number of hydroxylamine groups is 1. The highest BCUT2D eigenvalue weighted by Crippen LogP contribution is 2.24. The Morgan fingerprint density at radius 3 is 2.35 bits per heavy atom. The number of nitrogens with one attached hydrogen (secondary N) is 1. The summed E-state index contributed by atoms with van der Waals surface area (Å²) in [5.41, 5.74) is 2.62. The van der Waals surface area contributed by atoms with E-state index in [0.717, 1.165) is 25.7 Å². The number of amides is 1. The molecule has 108 valence electrons. The zero-order valence-corrected chi connectivity index (χ0v) is 11.6. The minimum absolute atomic E-state index is 0.0834. The second-order valence-corrected chi connectivity index (χ2v) is 4.92. The lowest BCUT2D eigenvalue weighted by Gasteiger charge is -2.19. The van der Waals surface area contributed by atoms with E-state index in [9.17, 15) is 9.59 Å². The Morgan fingerprint density at radius 1 is 1.10 bits per heavy atom. The Hall–Kier alpha value is -2.04. The monoisotopic (exact) mass is 277 g/mol. The first kappa shape index (κ1) is 14.4. The highest BCUT2D eigenvalue weighted by Gasteiger charge is 2.23. The molecule has 5 nitrogen and oxygen atoms in total. The van der Waals surface area contributed by atoms with Gasteiger partial charge in [0.2, 0.25) is 0 Å². The van der Waals surface area contributed by atoms with Crippen LogP contribution in [0.2, 0.25) is 0 Å². The molecule has 0 saturated heterocycles. The topological polar surface area (TPSA) is 64.6 Å². The average molecular weight is 277 g/mol. The van der Waals surface area contributed by atoms with Gasteiger partial charge >= 0.3 is 5.97 Å². The molecule has 1 fully saturated rings. The number of ether oxygens (including phenoxy) is 1. The molecule has 5 heteroatoms. The van der Waals surface area contributed by atoms with Crippen LogP contribution in [-0.4, -0.2) is 19.0 Å². The number of carbonyl (C=O) groups excluding carboxylic acids is 2. The number of carbonyl (C=O) groups is 2. The van der Waals surface area contributed by atoms with Crippen LogP contribution in [0.25, 0.3) is 0 Å². The molecule has 0 aromatic heterocycles. The first-order chi connectivity index (χ1) is 9.70. The minimum Gasteiger partial charge on any atom is -0.497 e. The van der Waals surface area contributed by atoms with Gasteiger partial charge in [0.15, 0.2) is 0 Å². The molecule has 1 aromatic rings. The SMILES string of the molecule is COc1ccc(C(=O)NOC(=O)C2CCCCC2)cc1. The van der Waals surface area contributed by atoms with Crippen LogP contribution in [0.4, 0.5) is 0 Å². The quantitative estimate of drug-likeness (QED) is 0.862. The summed E-state index contributed by atoms with van der Waals surface area (Å²) in [6.45, 7) is 0. The third kappa shape index (κ3) is 3.73. The Bertz CT molecular complexity index is 463. The standard InChI is InChI=1S/C15H19NO4/c1-19-13-9-7-11(8-10-13)14(17)16-20-15(18)12-5-3-2-4-6-12/h7-10,12H,2-6H2,1H3,(H,16,17). The molecule has 2 rings (SSSR count). The van der Waals surface area contributed by atoms with Crippen molar-refractivity contribution in [3.8, 4) is 5.75 Å². The second-order valence-electron chi connectivity index (χ2n) is 4.92. The summed E-state index contributed by atoms with van der Waals surface area (Å²) in [4.78, 5) is 28.5. The van der Waals surface area contributed by atoms with E-state index in [0.29, 0.717) is 11.3 Å². The molecule has 1 aromatic carbocycles. The molecule has 0 radical (unpaired) electrons. The van der Waals surface area contributed by atoms with Gasteiger partial charge in [0.05, 0.1) is 13.0 Å². The Balaban J connectivity index is 1.83. The third-order valence-corrected chi connectivity index (χ3v) is 3.54. The van der Waals surface area contributed by atoms with Crippen LogP contribution in [0, 0.1) is 5.92 Å². The van der Waals surface area contributed by atoms with Gasteiger partial charge in [-0.3, -0.25) is 4.79 Å². The maximum Gasteiger partial charge on any atom is 0.335 e. The van der Waals surface area contributed by atoms with Crippen molar-refractivity contribution < 1.29 is 19.2 Å². The summed E-state index contributed by atoms with van der Waals surface area (Å²) in [6.07, 6.45) is 4.95.